The first-order chi connectivity index (χ1) is 9.61. The Labute approximate surface area is 125 Å². The van der Waals surface area contributed by atoms with E-state index in [1.807, 2.05) is 0 Å². The van der Waals surface area contributed by atoms with Gasteiger partial charge < -0.3 is 10.6 Å². The highest BCUT2D eigenvalue weighted by atomic mass is 32.1. The third kappa shape index (κ3) is 2.35. The number of fused-ring (bicyclic) bond motifs is 1. The first-order valence-electron chi connectivity index (χ1n) is 7.29. The molecular formula is C15H24N2O2S. The van der Waals surface area contributed by atoms with Crippen LogP contribution in [0.1, 0.15) is 49.8 Å². The largest absolute Gasteiger partial charge is 0.355 e. The lowest BCUT2D eigenvalue weighted by Gasteiger charge is -2.12. The van der Waals surface area contributed by atoms with Gasteiger partial charge in [0.15, 0.2) is 0 Å². The maximum absolute atomic E-state index is 12.1. The van der Waals surface area contributed by atoms with Gasteiger partial charge in [-0.25, -0.2) is 0 Å². The van der Waals surface area contributed by atoms with Crippen LogP contribution in [0.5, 0.6) is 0 Å². The Kier molecular flexibility index (Phi) is 3.54. The van der Waals surface area contributed by atoms with Gasteiger partial charge in [0.05, 0.1) is 5.56 Å². The summed E-state index contributed by atoms with van der Waals surface area (Å²) in [6.07, 6.45) is 5.24. The van der Waals surface area contributed by atoms with Gasteiger partial charge in [0.25, 0.3) is 5.91 Å². The number of anilines is 1. The van der Waals surface area contributed by atoms with E-state index in [4.69, 9.17) is 0 Å². The van der Waals surface area contributed by atoms with Gasteiger partial charge in [-0.15, -0.1) is 11.3 Å². The maximum atomic E-state index is 12.1. The van der Waals surface area contributed by atoms with Crippen molar-refractivity contribution in [3.63, 3.8) is 0 Å². The molecule has 20 heavy (non-hydrogen) atoms. The van der Waals surface area contributed by atoms with E-state index in [9.17, 15) is 9.59 Å². The summed E-state index contributed by atoms with van der Waals surface area (Å²) < 4.78 is 0. The minimum atomic E-state index is -0.0801. The van der Waals surface area contributed by atoms with Crippen LogP contribution in [-0.2, 0) is 17.6 Å². The summed E-state index contributed by atoms with van der Waals surface area (Å²) in [6.45, 7) is 2.09. The number of carbonyl (C=O) groups excluding carboxylic acids is 2. The summed E-state index contributed by atoms with van der Waals surface area (Å²) in [5, 5.41) is 6.45. The lowest BCUT2D eigenvalue weighted by atomic mass is 9.95. The van der Waals surface area contributed by atoms with Gasteiger partial charge in [0.1, 0.15) is 5.00 Å². The second kappa shape index (κ2) is 5.20. The first kappa shape index (κ1) is 13.6. The second-order valence-corrected chi connectivity index (χ2v) is 6.91. The Morgan fingerprint density at radius 2 is 2.00 bits per heavy atom. The molecule has 1 saturated carbocycles. The lowest BCUT2D eigenvalue weighted by molar-refractivity contribution is -0.117. The van der Waals surface area contributed by atoms with Crippen molar-refractivity contribution in [3.05, 3.63) is 16.0 Å². The zero-order chi connectivity index (χ0) is 14.3. The Bertz CT molecular complexity index is 574. The number of nitrogens with one attached hydrogen (secondary N) is 2. The molecule has 5 heteroatoms. The molecule has 2 unspecified atom stereocenters. The van der Waals surface area contributed by atoms with E-state index >= 15 is 0 Å². The van der Waals surface area contributed by atoms with Gasteiger partial charge in [-0.3, -0.25) is 9.59 Å². The van der Waals surface area contributed by atoms with Crippen molar-refractivity contribution in [2.45, 2.75) is 39.0 Å². The fraction of sp³-hybridized carbons (Fsp3) is 0.600. The van der Waals surface area contributed by atoms with Gasteiger partial charge in [-0.2, -0.15) is 0 Å². The number of hydrogen-bond acceptors (Lipinski definition) is 3. The van der Waals surface area contributed by atoms with Crippen molar-refractivity contribution in [3.8, 4) is 0 Å². The van der Waals surface area contributed by atoms with Crippen LogP contribution in [0.2, 0.25) is 0 Å². The van der Waals surface area contributed by atoms with Gasteiger partial charge in [-0.1, -0.05) is 6.92 Å². The molecular weight excluding hydrogens is 272 g/mol. The molecule has 0 saturated heterocycles. The van der Waals surface area contributed by atoms with E-state index in [0.29, 0.717) is 11.5 Å². The monoisotopic (exact) mass is 296 g/mol. The predicted molar refractivity (Wildman–Crippen MR) is 84.5 cm³/mol. The minimum Gasteiger partial charge on any atom is -0.355 e. The Morgan fingerprint density at radius 1 is 1.30 bits per heavy atom. The van der Waals surface area contributed by atoms with Crippen molar-refractivity contribution in [2.24, 2.45) is 11.8 Å². The number of hydrogen-bond donors (Lipinski definition) is 2. The summed E-state index contributed by atoms with van der Waals surface area (Å²) in [7, 11) is 1.64. The zero-order valence-corrected chi connectivity index (χ0v) is 12.7. The van der Waals surface area contributed by atoms with Gasteiger partial charge in [-0.05, 0) is 43.6 Å². The summed E-state index contributed by atoms with van der Waals surface area (Å²) in [6, 6.07) is 0. The molecule has 1 aromatic rings. The molecule has 2 aliphatic carbocycles. The average molecular weight is 296 g/mol. The van der Waals surface area contributed by atoms with Gasteiger partial charge in [0, 0.05) is 20.7 Å². The molecule has 0 radical (unpaired) electrons. The highest BCUT2D eigenvalue weighted by Gasteiger charge is 2.40. The normalized spacial score (nSPS) is 23.9. The van der Waals surface area contributed by atoms with Crippen molar-refractivity contribution in [1.82, 2.24) is 5.32 Å². The summed E-state index contributed by atoms with van der Waals surface area (Å²) >= 11 is 1.59. The predicted octanol–water partition coefficient (Wildman–Crippen LogP) is 3.07. The molecule has 4 nitrogen and oxygen atoms in total. The van der Waals surface area contributed by atoms with Crippen molar-refractivity contribution < 1.29 is 12.4 Å². The molecule has 0 spiro atoms. The van der Waals surface area contributed by atoms with Gasteiger partial charge in [0.2, 0.25) is 5.91 Å². The SMILES string of the molecule is CNC(=O)c1c(NC(=O)C2CC2C)sc2c1CCCC2.[HH].[HH]. The Hall–Kier alpha value is -1.36. The van der Waals surface area contributed by atoms with E-state index < -0.39 is 0 Å². The molecule has 2 aliphatic rings. The highest BCUT2D eigenvalue weighted by molar-refractivity contribution is 7.17. The molecule has 0 bridgehead atoms. The molecule has 2 N–H and O–H groups in total. The van der Waals surface area contributed by atoms with Crippen LogP contribution >= 0.6 is 11.3 Å². The molecule has 2 atom stereocenters. The smallest absolute Gasteiger partial charge is 0.254 e. The van der Waals surface area contributed by atoms with Crippen LogP contribution in [0, 0.1) is 11.8 Å². The topological polar surface area (TPSA) is 58.2 Å². The fourth-order valence-electron chi connectivity index (χ4n) is 2.91. The van der Waals surface area contributed by atoms with Crippen LogP contribution in [0.25, 0.3) is 0 Å². The first-order valence-corrected chi connectivity index (χ1v) is 8.11. The number of thiophene rings is 1. The van der Waals surface area contributed by atoms with Crippen LogP contribution in [0.15, 0.2) is 0 Å². The van der Waals surface area contributed by atoms with Crippen LogP contribution in [0.3, 0.4) is 0 Å². The Morgan fingerprint density at radius 3 is 2.65 bits per heavy atom. The molecule has 0 aromatic carbocycles. The number of carbonyl (C=O) groups is 2. The summed E-state index contributed by atoms with van der Waals surface area (Å²) in [5.41, 5.74) is 1.86. The van der Waals surface area contributed by atoms with E-state index in [1.165, 1.54) is 11.3 Å². The quantitative estimate of drug-likeness (QED) is 0.900. The number of aryl methyl sites for hydroxylation is 1. The maximum Gasteiger partial charge on any atom is 0.254 e. The zero-order valence-electron chi connectivity index (χ0n) is 11.9. The van der Waals surface area contributed by atoms with Crippen LogP contribution in [-0.4, -0.2) is 18.9 Å². The van der Waals surface area contributed by atoms with E-state index in [2.05, 4.69) is 17.6 Å². The van der Waals surface area contributed by atoms with Crippen LogP contribution < -0.4 is 10.6 Å². The van der Waals surface area contributed by atoms with Crippen molar-refractivity contribution in [1.29, 1.82) is 0 Å². The minimum absolute atomic E-state index is 0. The molecule has 1 heterocycles. The second-order valence-electron chi connectivity index (χ2n) is 5.80. The third-order valence-electron chi connectivity index (χ3n) is 4.31. The molecule has 112 valence electrons. The fourth-order valence-corrected chi connectivity index (χ4v) is 4.20. The summed E-state index contributed by atoms with van der Waals surface area (Å²) in [5.74, 6) is 0.601. The van der Waals surface area contributed by atoms with E-state index in [0.717, 1.165) is 36.2 Å². The average Bonchev–Trinajstić information content (AvgIpc) is 3.07. The molecule has 0 aliphatic heterocycles. The Balaban J connectivity index is 0.00000121. The van der Waals surface area contributed by atoms with E-state index in [-0.39, 0.29) is 20.6 Å². The molecule has 2 amide bonds. The molecule has 1 fully saturated rings. The standard InChI is InChI=1S/C15H20N2O2S.2H2/c1-8-7-10(8)13(18)17-15-12(14(19)16-2)9-5-3-4-6-11(9)20-15;;/h8,10H,3-7H2,1-2H3,(H,16,19)(H,17,18);2*1H. The third-order valence-corrected chi connectivity index (χ3v) is 5.52. The van der Waals surface area contributed by atoms with E-state index in [1.54, 1.807) is 18.4 Å². The molecule has 3 rings (SSSR count). The van der Waals surface area contributed by atoms with Gasteiger partial charge >= 0.3 is 0 Å². The lowest BCUT2D eigenvalue weighted by Crippen LogP contribution is -2.22. The molecule has 1 aromatic heterocycles. The number of amides is 2. The van der Waals surface area contributed by atoms with Crippen molar-refractivity contribution in [2.75, 3.05) is 12.4 Å². The van der Waals surface area contributed by atoms with Crippen molar-refractivity contribution >= 4 is 28.2 Å². The number of rotatable bonds is 3. The van der Waals surface area contributed by atoms with Crippen LogP contribution in [0.4, 0.5) is 5.00 Å². The highest BCUT2D eigenvalue weighted by Crippen LogP contribution is 2.41. The summed E-state index contributed by atoms with van der Waals surface area (Å²) in [4.78, 5) is 25.5.